The highest BCUT2D eigenvalue weighted by atomic mass is 35.5. The van der Waals surface area contributed by atoms with E-state index in [9.17, 15) is 0 Å². The third-order valence-corrected chi connectivity index (χ3v) is 4.22. The maximum Gasteiger partial charge on any atom is 0.0408 e. The lowest BCUT2D eigenvalue weighted by molar-refractivity contribution is 0.314. The molecule has 0 atom stereocenters. The first-order chi connectivity index (χ1) is 8.09. The summed E-state index contributed by atoms with van der Waals surface area (Å²) in [5.41, 5.74) is 3.16. The van der Waals surface area contributed by atoms with Gasteiger partial charge >= 0.3 is 0 Å². The Kier molecular flexibility index (Phi) is 4.11. The van der Waals surface area contributed by atoms with E-state index in [4.69, 9.17) is 11.6 Å². The van der Waals surface area contributed by atoms with Crippen LogP contribution >= 0.6 is 11.6 Å². The first kappa shape index (κ1) is 12.9. The monoisotopic (exact) mass is 251 g/mol. The Morgan fingerprint density at radius 1 is 1.29 bits per heavy atom. The highest BCUT2D eigenvalue weighted by Gasteiger charge is 2.27. The summed E-state index contributed by atoms with van der Waals surface area (Å²) in [6, 6.07) is 6.14. The van der Waals surface area contributed by atoms with Crippen molar-refractivity contribution in [3.8, 4) is 0 Å². The number of halogens is 1. The van der Waals surface area contributed by atoms with Crippen molar-refractivity contribution in [1.82, 2.24) is 5.32 Å². The lowest BCUT2D eigenvalue weighted by atomic mass is 9.89. The Hall–Kier alpha value is -0.530. The van der Waals surface area contributed by atoms with Gasteiger partial charge in [-0.2, -0.15) is 0 Å². The second-order valence-corrected chi connectivity index (χ2v) is 6.13. The van der Waals surface area contributed by atoms with E-state index in [1.807, 2.05) is 12.1 Å². The molecular weight excluding hydrogens is 230 g/mol. The molecule has 17 heavy (non-hydrogen) atoms. The van der Waals surface area contributed by atoms with Crippen molar-refractivity contribution < 1.29 is 0 Å². The van der Waals surface area contributed by atoms with Crippen LogP contribution in [0.5, 0.6) is 0 Å². The third kappa shape index (κ3) is 3.46. The molecule has 0 radical (unpaired) electrons. The predicted molar refractivity (Wildman–Crippen MR) is 74.5 cm³/mol. The summed E-state index contributed by atoms with van der Waals surface area (Å²) < 4.78 is 0. The van der Waals surface area contributed by atoms with Crippen LogP contribution in [-0.4, -0.2) is 6.54 Å². The molecule has 94 valence electrons. The van der Waals surface area contributed by atoms with Gasteiger partial charge in [0.25, 0.3) is 0 Å². The smallest absolute Gasteiger partial charge is 0.0408 e. The van der Waals surface area contributed by atoms with Gasteiger partial charge in [-0.3, -0.25) is 0 Å². The molecule has 0 saturated heterocycles. The quantitative estimate of drug-likeness (QED) is 0.841. The standard InChI is InChI=1S/C15H22ClN/c1-12-9-14(16)6-5-13(12)10-17-11-15(2)7-3-4-8-15/h5-6,9,17H,3-4,7-8,10-11H2,1-2H3. The van der Waals surface area contributed by atoms with Gasteiger partial charge < -0.3 is 5.32 Å². The minimum atomic E-state index is 0.528. The fourth-order valence-electron chi connectivity index (χ4n) is 2.76. The third-order valence-electron chi connectivity index (χ3n) is 3.98. The van der Waals surface area contributed by atoms with Gasteiger partial charge in [-0.15, -0.1) is 0 Å². The van der Waals surface area contributed by atoms with Crippen LogP contribution in [0, 0.1) is 12.3 Å². The number of benzene rings is 1. The Morgan fingerprint density at radius 2 is 2.00 bits per heavy atom. The molecule has 1 fully saturated rings. The van der Waals surface area contributed by atoms with E-state index in [-0.39, 0.29) is 0 Å². The molecule has 1 nitrogen and oxygen atoms in total. The lowest BCUT2D eigenvalue weighted by Gasteiger charge is -2.24. The molecule has 2 heteroatoms. The highest BCUT2D eigenvalue weighted by molar-refractivity contribution is 6.30. The first-order valence-electron chi connectivity index (χ1n) is 6.55. The maximum atomic E-state index is 5.96. The van der Waals surface area contributed by atoms with Crippen LogP contribution in [0.4, 0.5) is 0 Å². The van der Waals surface area contributed by atoms with Crippen LogP contribution in [0.15, 0.2) is 18.2 Å². The van der Waals surface area contributed by atoms with E-state index < -0.39 is 0 Å². The van der Waals surface area contributed by atoms with Gasteiger partial charge in [0, 0.05) is 18.1 Å². The molecule has 0 amide bonds. The van der Waals surface area contributed by atoms with Crippen LogP contribution in [-0.2, 0) is 6.54 Å². The van der Waals surface area contributed by atoms with E-state index in [0.717, 1.165) is 18.1 Å². The molecule has 1 aromatic rings. The summed E-state index contributed by atoms with van der Waals surface area (Å²) in [4.78, 5) is 0. The van der Waals surface area contributed by atoms with Gasteiger partial charge in [-0.1, -0.05) is 37.4 Å². The fourth-order valence-corrected chi connectivity index (χ4v) is 2.99. The van der Waals surface area contributed by atoms with E-state index in [0.29, 0.717) is 5.41 Å². The molecular formula is C15H22ClN. The Bertz CT molecular complexity index is 381. The van der Waals surface area contributed by atoms with E-state index in [2.05, 4.69) is 25.2 Å². The molecule has 1 aromatic carbocycles. The Labute approximate surface area is 110 Å². The molecule has 1 saturated carbocycles. The zero-order valence-corrected chi connectivity index (χ0v) is 11.6. The van der Waals surface area contributed by atoms with Gasteiger partial charge in [0.05, 0.1) is 0 Å². The number of aryl methyl sites for hydroxylation is 1. The zero-order chi connectivity index (χ0) is 12.3. The Balaban J connectivity index is 1.85. The number of hydrogen-bond donors (Lipinski definition) is 1. The lowest BCUT2D eigenvalue weighted by Crippen LogP contribution is -2.29. The number of nitrogens with one attached hydrogen (secondary N) is 1. The molecule has 1 aliphatic rings. The summed E-state index contributed by atoms with van der Waals surface area (Å²) in [5.74, 6) is 0. The van der Waals surface area contributed by atoms with Crippen molar-refractivity contribution in [1.29, 1.82) is 0 Å². The molecule has 1 N–H and O–H groups in total. The molecule has 0 aromatic heterocycles. The molecule has 0 aliphatic heterocycles. The molecule has 1 aliphatic carbocycles. The topological polar surface area (TPSA) is 12.0 Å². The summed E-state index contributed by atoms with van der Waals surface area (Å²) in [6.07, 6.45) is 5.55. The normalized spacial score (nSPS) is 18.5. The van der Waals surface area contributed by atoms with Crippen molar-refractivity contribution in [2.24, 2.45) is 5.41 Å². The summed E-state index contributed by atoms with van der Waals surface area (Å²) in [7, 11) is 0. The minimum absolute atomic E-state index is 0.528. The van der Waals surface area contributed by atoms with Crippen LogP contribution in [0.25, 0.3) is 0 Å². The maximum absolute atomic E-state index is 5.96. The van der Waals surface area contributed by atoms with Crippen LogP contribution < -0.4 is 5.32 Å². The van der Waals surface area contributed by atoms with Gasteiger partial charge in [-0.25, -0.2) is 0 Å². The zero-order valence-electron chi connectivity index (χ0n) is 10.9. The van der Waals surface area contributed by atoms with E-state index in [1.165, 1.54) is 36.8 Å². The molecule has 0 spiro atoms. The van der Waals surface area contributed by atoms with Crippen LogP contribution in [0.1, 0.15) is 43.7 Å². The van der Waals surface area contributed by atoms with Gasteiger partial charge in [-0.05, 0) is 48.4 Å². The largest absolute Gasteiger partial charge is 0.312 e. The second-order valence-electron chi connectivity index (χ2n) is 5.69. The summed E-state index contributed by atoms with van der Waals surface area (Å²) in [6.45, 7) is 6.62. The summed E-state index contributed by atoms with van der Waals surface area (Å²) >= 11 is 5.96. The van der Waals surface area contributed by atoms with E-state index in [1.54, 1.807) is 0 Å². The van der Waals surface area contributed by atoms with E-state index >= 15 is 0 Å². The minimum Gasteiger partial charge on any atom is -0.312 e. The summed E-state index contributed by atoms with van der Waals surface area (Å²) in [5, 5.41) is 4.43. The first-order valence-corrected chi connectivity index (χ1v) is 6.93. The van der Waals surface area contributed by atoms with Crippen molar-refractivity contribution >= 4 is 11.6 Å². The SMILES string of the molecule is Cc1cc(Cl)ccc1CNCC1(C)CCCC1. The van der Waals surface area contributed by atoms with Crippen LogP contribution in [0.2, 0.25) is 5.02 Å². The van der Waals surface area contributed by atoms with Crippen molar-refractivity contribution in [2.45, 2.75) is 46.1 Å². The molecule has 0 heterocycles. The fraction of sp³-hybridized carbons (Fsp3) is 0.600. The van der Waals surface area contributed by atoms with Gasteiger partial charge in [0.1, 0.15) is 0 Å². The van der Waals surface area contributed by atoms with Crippen molar-refractivity contribution in [2.75, 3.05) is 6.54 Å². The molecule has 0 unspecified atom stereocenters. The number of hydrogen-bond acceptors (Lipinski definition) is 1. The molecule has 2 rings (SSSR count). The highest BCUT2D eigenvalue weighted by Crippen LogP contribution is 2.36. The number of rotatable bonds is 4. The molecule has 0 bridgehead atoms. The predicted octanol–water partition coefficient (Wildman–Crippen LogP) is 4.32. The average molecular weight is 252 g/mol. The Morgan fingerprint density at radius 3 is 2.65 bits per heavy atom. The second kappa shape index (κ2) is 5.41. The van der Waals surface area contributed by atoms with Crippen molar-refractivity contribution in [3.63, 3.8) is 0 Å². The van der Waals surface area contributed by atoms with Gasteiger partial charge in [0.2, 0.25) is 0 Å². The van der Waals surface area contributed by atoms with Crippen molar-refractivity contribution in [3.05, 3.63) is 34.3 Å². The van der Waals surface area contributed by atoms with Crippen LogP contribution in [0.3, 0.4) is 0 Å². The average Bonchev–Trinajstić information content (AvgIpc) is 2.69. The van der Waals surface area contributed by atoms with Gasteiger partial charge in [0.15, 0.2) is 0 Å².